The first-order valence-electron chi connectivity index (χ1n) is 54.0. The van der Waals surface area contributed by atoms with Crippen LogP contribution in [-0.2, 0) is 62.0 Å². The van der Waals surface area contributed by atoms with Crippen LogP contribution in [0.15, 0.2) is 0 Å². The van der Waals surface area contributed by atoms with E-state index in [1.807, 2.05) is 249 Å². The van der Waals surface area contributed by atoms with Crippen LogP contribution in [0.2, 0.25) is 0 Å². The Morgan fingerprint density at radius 1 is 0.336 bits per heavy atom. The lowest BCUT2D eigenvalue weighted by Crippen LogP contribution is -2.49. The first kappa shape index (κ1) is 123. The number of carbonyl (C=O) groups is 7. The molecule has 7 aliphatic heterocycles. The average molecular weight is 1730 g/mol. The Morgan fingerprint density at radius 3 is 1.24 bits per heavy atom. The van der Waals surface area contributed by atoms with Gasteiger partial charge in [-0.25, -0.2) is 0 Å². The Kier molecular flexibility index (Phi) is 64.8. The molecule has 16 aliphatic carbocycles. The van der Waals surface area contributed by atoms with E-state index in [-0.39, 0.29) is 63.7 Å². The molecule has 27 unspecified atom stereocenters. The van der Waals surface area contributed by atoms with Crippen molar-refractivity contribution < 1.29 is 62.0 Å². The molecule has 0 radical (unpaired) electrons. The molecule has 0 aromatic carbocycles. The highest BCUT2D eigenvalue weighted by Gasteiger charge is 2.72. The number of ether oxygens (including phenoxy) is 6. The lowest BCUT2D eigenvalue weighted by Gasteiger charge is -2.46. The molecule has 27 atom stereocenters. The summed E-state index contributed by atoms with van der Waals surface area (Å²) in [4.78, 5) is 80.0. The quantitative estimate of drug-likeness (QED) is 0.127. The summed E-state index contributed by atoms with van der Waals surface area (Å²) in [6.45, 7) is 83.0. The van der Waals surface area contributed by atoms with Crippen molar-refractivity contribution in [1.82, 2.24) is 0 Å². The number of hydrogen-bond acceptors (Lipinski definition) is 13. The van der Waals surface area contributed by atoms with Crippen LogP contribution in [0.25, 0.3) is 0 Å². The second kappa shape index (κ2) is 64.4. The zero-order valence-corrected chi connectivity index (χ0v) is 88.4. The Morgan fingerprint density at radius 2 is 0.787 bits per heavy atom. The van der Waals surface area contributed by atoms with Crippen molar-refractivity contribution in [1.29, 1.82) is 0 Å². The fraction of sp³-hybridized carbons (Fsp3) is 0.936. The van der Waals surface area contributed by atoms with E-state index in [0.29, 0.717) is 78.2 Å². The molecule has 724 valence electrons. The van der Waals surface area contributed by atoms with Gasteiger partial charge in [-0.1, -0.05) is 263 Å². The van der Waals surface area contributed by atoms with Gasteiger partial charge in [-0.2, -0.15) is 0 Å². The topological polar surface area (TPSA) is 175 Å². The maximum absolute atomic E-state index is 12.2. The second-order valence-corrected chi connectivity index (χ2v) is 34.4. The van der Waals surface area contributed by atoms with Crippen molar-refractivity contribution in [2.24, 2.45) is 158 Å². The summed E-state index contributed by atoms with van der Waals surface area (Å²) in [5.74, 6) is 19.5. The number of hydrogen-bond donors (Lipinski definition) is 0. The first-order valence-corrected chi connectivity index (χ1v) is 54.0. The molecule has 13 nitrogen and oxygen atoms in total. The van der Waals surface area contributed by atoms with Crippen molar-refractivity contribution in [2.45, 2.75) is 475 Å². The van der Waals surface area contributed by atoms with E-state index in [9.17, 15) is 33.6 Å². The Labute approximate surface area is 758 Å². The number of cyclic esters (lactones) is 3. The first-order chi connectivity index (χ1) is 59.4. The van der Waals surface area contributed by atoms with Gasteiger partial charge in [-0.05, 0) is 287 Å². The van der Waals surface area contributed by atoms with Gasteiger partial charge in [0.05, 0.1) is 54.5 Å². The van der Waals surface area contributed by atoms with Gasteiger partial charge in [0, 0.05) is 36.0 Å². The van der Waals surface area contributed by atoms with Crippen LogP contribution in [0.1, 0.15) is 457 Å². The van der Waals surface area contributed by atoms with E-state index < -0.39 is 0 Å². The fourth-order valence-corrected chi connectivity index (χ4v) is 26.8. The third-order valence-electron chi connectivity index (χ3n) is 30.9. The van der Waals surface area contributed by atoms with Crippen LogP contribution in [0.4, 0.5) is 0 Å². The molecule has 13 heteroatoms. The van der Waals surface area contributed by atoms with Crippen LogP contribution in [-0.4, -0.2) is 85.6 Å². The summed E-state index contributed by atoms with van der Waals surface area (Å²) in [6, 6.07) is 0. The number of Topliss-reactive ketones (excluding diaryl/α,β-unsaturated/α-hetero) is 2. The Bertz CT molecular complexity index is 2740. The third kappa shape index (κ3) is 27.4. The summed E-state index contributed by atoms with van der Waals surface area (Å²) in [5, 5.41) is 0. The minimum atomic E-state index is -0.250. The molecule has 23 fully saturated rings. The van der Waals surface area contributed by atoms with Gasteiger partial charge >= 0.3 is 29.8 Å². The molecule has 23 rings (SSSR count). The minimum Gasteiger partial charge on any atom is -0.465 e. The summed E-state index contributed by atoms with van der Waals surface area (Å²) in [7, 11) is 0. The number of carbonyl (C=O) groups excluding carboxylic acids is 7. The molecule has 23 aliphatic rings. The van der Waals surface area contributed by atoms with Gasteiger partial charge < -0.3 is 28.4 Å². The third-order valence-corrected chi connectivity index (χ3v) is 30.9. The highest BCUT2D eigenvalue weighted by molar-refractivity contribution is 5.84. The smallest absolute Gasteiger partial charge is 0.313 e. The minimum absolute atomic E-state index is 0.00366. The van der Waals surface area contributed by atoms with Gasteiger partial charge in [-0.3, -0.25) is 33.6 Å². The highest BCUT2D eigenvalue weighted by atomic mass is 16.6. The molecule has 1 spiro atoms. The molecule has 0 aromatic heterocycles. The van der Waals surface area contributed by atoms with E-state index in [0.717, 1.165) is 179 Å². The molecule has 122 heavy (non-hydrogen) atoms. The second-order valence-electron chi connectivity index (χ2n) is 34.4. The number of esters is 5. The zero-order valence-electron chi connectivity index (χ0n) is 88.4. The summed E-state index contributed by atoms with van der Waals surface area (Å²) in [6.07, 6.45) is 35.2. The van der Waals surface area contributed by atoms with E-state index in [1.165, 1.54) is 103 Å². The maximum atomic E-state index is 12.2. The zero-order chi connectivity index (χ0) is 94.9. The number of rotatable bonds is 0. The lowest BCUT2D eigenvalue weighted by molar-refractivity contribution is -0.152. The summed E-state index contributed by atoms with van der Waals surface area (Å²) < 4.78 is 32.1. The Hall–Kier alpha value is -3.35. The predicted molar refractivity (Wildman–Crippen MR) is 519 cm³/mol. The monoisotopic (exact) mass is 1730 g/mol. The molecule has 0 N–H and O–H groups in total. The van der Waals surface area contributed by atoms with E-state index in [1.54, 1.807) is 0 Å². The van der Waals surface area contributed by atoms with Gasteiger partial charge in [0.2, 0.25) is 0 Å². The molecule has 18 bridgehead atoms. The van der Waals surface area contributed by atoms with E-state index in [2.05, 4.69) is 27.7 Å². The van der Waals surface area contributed by atoms with Gasteiger partial charge in [-0.15, -0.1) is 0 Å². The fourth-order valence-electron chi connectivity index (χ4n) is 26.8. The standard InChI is InChI=1S/C15H20O2.C14H18O2.C11H18O2.C10H14O2.2C9H12O2.C5H8O.18C2H6/c16-14-15(3-4-17-14)7-10-6-11(15)13-9-2-1-8(5-9)12(10)13;15-14-13-9-4-8(10(13)5-16-14)11-6-1-2-7(3-6)12(9)11;1-9(2)10(3)6-5-7-11(9,4)13-8(10)12;11-10-8-2-6-1-7(3-8)5-9(4-6)12-10;10-8-4-11-9-3-5-1-6(8)7(9)2-5;10-9-8-6-2-1-5(3-6)7(8)4-11-9;6-5-3-1-2-4-5;18*1-2/h8-13H,1-7H2;6-13H,1-5H2;5-7H2,1-4H3;6-9H,1-5H2;5-7,9H,1-4H2;5-8H,1-4H2;1-4H2;18*1-2H3. The molecule has 7 heterocycles. The average Bonchev–Trinajstić information content (AvgIpc) is 1.53. The van der Waals surface area contributed by atoms with Gasteiger partial charge in [0.15, 0.2) is 5.78 Å². The van der Waals surface area contributed by atoms with Crippen molar-refractivity contribution in [3.63, 3.8) is 0 Å². The lowest BCUT2D eigenvalue weighted by atomic mass is 9.54. The number of fused-ring (bicyclic) bond motifs is 31. The SMILES string of the molecule is CC.CC.CC.CC.CC.CC.CC.CC.CC.CC.CC.CC.CC.CC.CC.CC.CC.CC.CC12CCCC(C)(C(=O)O1)C2(C)C.O=C1CCCC1.O=C1COC2CC3CC1C2C3.O=C1OC2CC3CC(C2)CC1C3.O=C1OCC2C3CC(C12)C1C2CCC(C2)C31.O=C1OCC2C3CCC(C3)C12.O=C1OCCC12CC1CC2C2C3CCC(C3)C12. The van der Waals surface area contributed by atoms with Crippen molar-refractivity contribution in [3.05, 3.63) is 0 Å². The summed E-state index contributed by atoms with van der Waals surface area (Å²) in [5.41, 5.74) is -0.497. The normalized spacial score (nSPS) is 38.8. The van der Waals surface area contributed by atoms with Crippen LogP contribution in [0.5, 0.6) is 0 Å². The molecule has 0 amide bonds. The Balaban J connectivity index is -0.00000129. The van der Waals surface area contributed by atoms with E-state index in [4.69, 9.17) is 28.4 Å². The molecule has 0 aromatic rings. The summed E-state index contributed by atoms with van der Waals surface area (Å²) >= 11 is 0. The molecule has 7 saturated heterocycles. The molecular weight excluding hydrogens is 1520 g/mol. The maximum Gasteiger partial charge on any atom is 0.313 e. The largest absolute Gasteiger partial charge is 0.465 e. The van der Waals surface area contributed by atoms with Crippen LogP contribution < -0.4 is 0 Å². The van der Waals surface area contributed by atoms with Crippen molar-refractivity contribution >= 4 is 41.4 Å². The molecular formula is C109H210O13. The van der Waals surface area contributed by atoms with E-state index >= 15 is 0 Å². The van der Waals surface area contributed by atoms with Crippen LogP contribution >= 0.6 is 0 Å². The van der Waals surface area contributed by atoms with Gasteiger partial charge in [0.1, 0.15) is 24.1 Å². The van der Waals surface area contributed by atoms with Crippen LogP contribution in [0, 0.1) is 158 Å². The number of ketones is 2. The van der Waals surface area contributed by atoms with Crippen molar-refractivity contribution in [3.8, 4) is 0 Å². The predicted octanol–water partition coefficient (Wildman–Crippen LogP) is 30.8. The van der Waals surface area contributed by atoms with Crippen LogP contribution in [0.3, 0.4) is 0 Å². The van der Waals surface area contributed by atoms with Crippen molar-refractivity contribution in [2.75, 3.05) is 26.4 Å². The van der Waals surface area contributed by atoms with Gasteiger partial charge in [0.25, 0.3) is 0 Å². The molecule has 16 saturated carbocycles. The highest BCUT2D eigenvalue weighted by Crippen LogP contribution is 2.74.